The van der Waals surface area contributed by atoms with Crippen LogP contribution in [0.4, 0.5) is 0 Å². The van der Waals surface area contributed by atoms with Gasteiger partial charge in [0, 0.05) is 12.5 Å². The number of aliphatic hydroxyl groups excluding tert-OH is 1. The predicted octanol–water partition coefficient (Wildman–Crippen LogP) is -1.22. The summed E-state index contributed by atoms with van der Waals surface area (Å²) in [5.74, 6) is 0.805. The molecule has 0 aromatic heterocycles. The lowest BCUT2D eigenvalue weighted by molar-refractivity contribution is -0.947. The molecule has 90 valence electrons. The number of hydrogen-bond donors (Lipinski definition) is 1. The van der Waals surface area contributed by atoms with Gasteiger partial charge in [0.05, 0.1) is 26.2 Å². The van der Waals surface area contributed by atoms with Crippen LogP contribution in [0.3, 0.4) is 0 Å². The van der Waals surface area contributed by atoms with E-state index in [-0.39, 0.29) is 24.0 Å². The third kappa shape index (κ3) is 2.86. The fraction of sp³-hybridized carbons (Fsp3) is 1.00. The molecular weight excluding hydrogens is 301 g/mol. The van der Waals surface area contributed by atoms with Gasteiger partial charge in [0.25, 0.3) is 0 Å². The summed E-state index contributed by atoms with van der Waals surface area (Å²) in [7, 11) is 2.44. The van der Waals surface area contributed by atoms with Crippen molar-refractivity contribution in [1.29, 1.82) is 0 Å². The normalized spacial score (nSPS) is 40.4. The zero-order chi connectivity index (χ0) is 10.0. The monoisotopic (exact) mass is 325 g/mol. The number of rotatable bonds is 2. The second-order valence-electron chi connectivity index (χ2n) is 5.40. The Hall–Kier alpha value is 0.650. The van der Waals surface area contributed by atoms with E-state index in [1.807, 2.05) is 0 Å². The fourth-order valence-corrected chi connectivity index (χ4v) is 3.74. The van der Waals surface area contributed by atoms with E-state index in [2.05, 4.69) is 7.05 Å². The smallest absolute Gasteiger partial charge is 0.0917 e. The van der Waals surface area contributed by atoms with E-state index in [1.165, 1.54) is 49.7 Å². The zero-order valence-electron chi connectivity index (χ0n) is 9.79. The molecule has 1 N–H and O–H groups in total. The van der Waals surface area contributed by atoms with E-state index < -0.39 is 0 Å². The fourth-order valence-electron chi connectivity index (χ4n) is 3.74. The van der Waals surface area contributed by atoms with Crippen LogP contribution in [0.1, 0.15) is 38.5 Å². The minimum absolute atomic E-state index is 0. The van der Waals surface area contributed by atoms with Gasteiger partial charge < -0.3 is 33.6 Å². The van der Waals surface area contributed by atoms with Crippen molar-refractivity contribution < 1.29 is 33.6 Å². The van der Waals surface area contributed by atoms with E-state index >= 15 is 0 Å². The maximum Gasteiger partial charge on any atom is 0.0917 e. The second-order valence-corrected chi connectivity index (χ2v) is 5.40. The highest BCUT2D eigenvalue weighted by molar-refractivity contribution is 4.78. The van der Waals surface area contributed by atoms with Crippen LogP contribution in [0.2, 0.25) is 0 Å². The van der Waals surface area contributed by atoms with Gasteiger partial charge in [-0.15, -0.1) is 0 Å². The number of piperidine rings is 2. The molecule has 0 aliphatic carbocycles. The van der Waals surface area contributed by atoms with Crippen LogP contribution in [0, 0.1) is 5.92 Å². The van der Waals surface area contributed by atoms with Gasteiger partial charge in [-0.3, -0.25) is 0 Å². The molecule has 3 heteroatoms. The molecule has 2 nitrogen and oxygen atoms in total. The maximum atomic E-state index is 9.09. The highest BCUT2D eigenvalue weighted by Gasteiger charge is 2.42. The first kappa shape index (κ1) is 13.7. The molecule has 2 aliphatic rings. The second kappa shape index (κ2) is 5.82. The summed E-state index contributed by atoms with van der Waals surface area (Å²) < 4.78 is 1.31. The molecule has 0 spiro atoms. The number of quaternary nitrogens is 1. The highest BCUT2D eigenvalue weighted by atomic mass is 127. The number of aliphatic hydroxyl groups is 1. The lowest BCUT2D eigenvalue weighted by atomic mass is 9.80. The summed E-state index contributed by atoms with van der Waals surface area (Å²) in [4.78, 5) is 0. The van der Waals surface area contributed by atoms with Gasteiger partial charge in [-0.05, 0) is 38.5 Å². The van der Waals surface area contributed by atoms with Crippen LogP contribution in [-0.4, -0.2) is 42.4 Å². The Kier molecular flexibility index (Phi) is 5.32. The lowest BCUT2D eigenvalue weighted by Gasteiger charge is -2.51. The van der Waals surface area contributed by atoms with Crippen molar-refractivity contribution in [2.75, 3.05) is 26.7 Å². The van der Waals surface area contributed by atoms with Crippen LogP contribution in [0.5, 0.6) is 0 Å². The Bertz CT molecular complexity index is 194. The first-order chi connectivity index (χ1) is 6.76. The molecule has 2 fully saturated rings. The molecule has 0 amide bonds. The Labute approximate surface area is 111 Å². The SMILES string of the molecule is C[N+]12CCCCC1[C@H](CCO)CCC2.[I-]. The molecule has 0 bridgehead atoms. The van der Waals surface area contributed by atoms with Gasteiger partial charge in [-0.1, -0.05) is 0 Å². The van der Waals surface area contributed by atoms with Gasteiger partial charge >= 0.3 is 0 Å². The lowest BCUT2D eigenvalue weighted by Crippen LogP contribution is -3.00. The first-order valence-electron chi connectivity index (χ1n) is 6.21. The molecule has 2 rings (SSSR count). The third-order valence-corrected chi connectivity index (χ3v) is 4.51. The minimum atomic E-state index is 0. The van der Waals surface area contributed by atoms with Gasteiger partial charge in [0.2, 0.25) is 0 Å². The van der Waals surface area contributed by atoms with Gasteiger partial charge in [-0.25, -0.2) is 0 Å². The Morgan fingerprint density at radius 2 is 1.87 bits per heavy atom. The Morgan fingerprint density at radius 3 is 2.60 bits per heavy atom. The average Bonchev–Trinajstić information content (AvgIpc) is 2.18. The quantitative estimate of drug-likeness (QED) is 0.499. The van der Waals surface area contributed by atoms with Gasteiger partial charge in [-0.2, -0.15) is 0 Å². The van der Waals surface area contributed by atoms with Crippen LogP contribution in [0.25, 0.3) is 0 Å². The topological polar surface area (TPSA) is 20.2 Å². The standard InChI is InChI=1S/C12H24NO.HI/c1-13-8-3-2-6-12(13)11(7-10-14)5-4-9-13;/h11-12,14H,2-10H2,1H3;1H/q+1;/p-1/t11-,12?,13?;/m0./s1. The molecule has 2 saturated heterocycles. The summed E-state index contributed by atoms with van der Waals surface area (Å²) in [6.07, 6.45) is 8.01. The Balaban J connectivity index is 0.00000112. The first-order valence-corrected chi connectivity index (χ1v) is 6.21. The molecular formula is C12H24INO. The van der Waals surface area contributed by atoms with Gasteiger partial charge in [0.1, 0.15) is 0 Å². The molecule has 2 unspecified atom stereocenters. The summed E-state index contributed by atoms with van der Waals surface area (Å²) in [5, 5.41) is 9.09. The van der Waals surface area contributed by atoms with Crippen LogP contribution in [-0.2, 0) is 0 Å². The molecule has 0 aromatic rings. The largest absolute Gasteiger partial charge is 1.00 e. The van der Waals surface area contributed by atoms with Crippen molar-refractivity contribution in [3.8, 4) is 0 Å². The summed E-state index contributed by atoms with van der Waals surface area (Å²) in [5.41, 5.74) is 0. The van der Waals surface area contributed by atoms with Crippen LogP contribution < -0.4 is 24.0 Å². The van der Waals surface area contributed by atoms with E-state index in [1.54, 1.807) is 0 Å². The van der Waals surface area contributed by atoms with Crippen molar-refractivity contribution in [1.82, 2.24) is 0 Å². The predicted molar refractivity (Wildman–Crippen MR) is 58.0 cm³/mol. The average molecular weight is 325 g/mol. The van der Waals surface area contributed by atoms with Gasteiger partial charge in [0.15, 0.2) is 0 Å². The Morgan fingerprint density at radius 1 is 1.13 bits per heavy atom. The van der Waals surface area contributed by atoms with E-state index in [4.69, 9.17) is 5.11 Å². The molecule has 0 radical (unpaired) electrons. The maximum absolute atomic E-state index is 9.09. The number of nitrogens with zero attached hydrogens (tertiary/aromatic N) is 1. The van der Waals surface area contributed by atoms with Crippen molar-refractivity contribution in [3.63, 3.8) is 0 Å². The van der Waals surface area contributed by atoms with E-state index in [9.17, 15) is 0 Å². The molecule has 3 atom stereocenters. The zero-order valence-corrected chi connectivity index (χ0v) is 11.9. The molecule has 0 saturated carbocycles. The number of fused-ring (bicyclic) bond motifs is 1. The molecule has 15 heavy (non-hydrogen) atoms. The van der Waals surface area contributed by atoms with Crippen molar-refractivity contribution >= 4 is 0 Å². The highest BCUT2D eigenvalue weighted by Crippen LogP contribution is 2.37. The number of halogens is 1. The van der Waals surface area contributed by atoms with Crippen molar-refractivity contribution in [2.24, 2.45) is 5.92 Å². The van der Waals surface area contributed by atoms with Crippen molar-refractivity contribution in [2.45, 2.75) is 44.6 Å². The third-order valence-electron chi connectivity index (χ3n) is 4.51. The molecule has 2 aliphatic heterocycles. The van der Waals surface area contributed by atoms with E-state index in [0.717, 1.165) is 18.4 Å². The number of hydrogen-bond acceptors (Lipinski definition) is 1. The summed E-state index contributed by atoms with van der Waals surface area (Å²) in [6, 6.07) is 0.865. The van der Waals surface area contributed by atoms with Crippen molar-refractivity contribution in [3.05, 3.63) is 0 Å². The van der Waals surface area contributed by atoms with E-state index in [0.29, 0.717) is 6.61 Å². The van der Waals surface area contributed by atoms with Crippen LogP contribution in [0.15, 0.2) is 0 Å². The minimum Gasteiger partial charge on any atom is -1.00 e. The summed E-state index contributed by atoms with van der Waals surface area (Å²) in [6.45, 7) is 3.15. The summed E-state index contributed by atoms with van der Waals surface area (Å²) >= 11 is 0. The van der Waals surface area contributed by atoms with Crippen LogP contribution >= 0.6 is 0 Å². The molecule has 2 heterocycles. The molecule has 0 aromatic carbocycles.